The summed E-state index contributed by atoms with van der Waals surface area (Å²) in [5.41, 5.74) is 1.02. The van der Waals surface area contributed by atoms with Crippen molar-refractivity contribution in [2.45, 2.75) is 81.8 Å². The fourth-order valence-corrected chi connectivity index (χ4v) is 9.76. The Morgan fingerprint density at radius 2 is 1.75 bits per heavy atom. The SMILES string of the molecule is COc1cc(C(=O)NC2CCN(C[C@@H]3C[C@@H]3CNc3cccc4c3C(=O)N(C3CCC(=O)NC3=O)C4=O)CC2)c(F)cc1Nc1ncc2c(n1)N(C1CCCC1)CC(F)(F)C(=O)N2C. The van der Waals surface area contributed by atoms with Gasteiger partial charge in [0.05, 0.1) is 42.2 Å². The Morgan fingerprint density at radius 3 is 2.48 bits per heavy atom. The van der Waals surface area contributed by atoms with E-state index in [9.17, 15) is 28.8 Å². The highest BCUT2D eigenvalue weighted by molar-refractivity contribution is 6.25. The molecule has 9 rings (SSSR count). The number of hydrogen-bond donors (Lipinski definition) is 4. The molecular formula is C44H49F3N10O7. The lowest BCUT2D eigenvalue weighted by Crippen LogP contribution is -2.54. The predicted molar refractivity (Wildman–Crippen MR) is 226 cm³/mol. The van der Waals surface area contributed by atoms with Crippen LogP contribution in [0.4, 0.5) is 42.0 Å². The number of carbonyl (C=O) groups excluding carboxylic acids is 6. The normalized spacial score (nSPS) is 23.7. The Hall–Kier alpha value is -6.31. The van der Waals surface area contributed by atoms with E-state index in [1.54, 1.807) is 18.2 Å². The third-order valence-corrected chi connectivity index (χ3v) is 13.4. The number of anilines is 5. The summed E-state index contributed by atoms with van der Waals surface area (Å²) in [4.78, 5) is 91.4. The van der Waals surface area contributed by atoms with Crippen LogP contribution in [0, 0.1) is 17.7 Å². The molecule has 3 aromatic rings. The monoisotopic (exact) mass is 886 g/mol. The van der Waals surface area contributed by atoms with Crippen LogP contribution in [0.5, 0.6) is 5.75 Å². The second-order valence-corrected chi connectivity index (χ2v) is 17.6. The molecule has 1 unspecified atom stereocenters. The maximum atomic E-state index is 15.7. The van der Waals surface area contributed by atoms with Crippen molar-refractivity contribution in [1.29, 1.82) is 0 Å². The second-order valence-electron chi connectivity index (χ2n) is 17.6. The highest BCUT2D eigenvalue weighted by Crippen LogP contribution is 2.42. The smallest absolute Gasteiger partial charge is 0.342 e. The summed E-state index contributed by atoms with van der Waals surface area (Å²) in [5.74, 6) is -7.56. The van der Waals surface area contributed by atoms with Gasteiger partial charge in [0.15, 0.2) is 5.82 Å². The van der Waals surface area contributed by atoms with Gasteiger partial charge in [0.1, 0.15) is 23.3 Å². The molecule has 0 bridgehead atoms. The van der Waals surface area contributed by atoms with Gasteiger partial charge in [-0.1, -0.05) is 18.9 Å². The number of nitrogens with zero attached hydrogens (tertiary/aromatic N) is 6. The minimum Gasteiger partial charge on any atom is -0.495 e. The summed E-state index contributed by atoms with van der Waals surface area (Å²) in [5, 5.41) is 11.5. The largest absolute Gasteiger partial charge is 0.495 e. The number of piperidine rings is 2. The lowest BCUT2D eigenvalue weighted by molar-refractivity contribution is -0.140. The van der Waals surface area contributed by atoms with Crippen molar-refractivity contribution < 1.29 is 46.7 Å². The minimum absolute atomic E-state index is 0.0307. The summed E-state index contributed by atoms with van der Waals surface area (Å²) in [6, 6.07) is 5.95. The van der Waals surface area contributed by atoms with Gasteiger partial charge in [-0.2, -0.15) is 13.8 Å². The predicted octanol–water partition coefficient (Wildman–Crippen LogP) is 4.07. The van der Waals surface area contributed by atoms with E-state index < -0.39 is 59.8 Å². The summed E-state index contributed by atoms with van der Waals surface area (Å²) in [6.45, 7) is 2.09. The molecule has 0 spiro atoms. The van der Waals surface area contributed by atoms with E-state index in [4.69, 9.17) is 4.74 Å². The highest BCUT2D eigenvalue weighted by atomic mass is 19.3. The molecule has 3 atom stereocenters. The Morgan fingerprint density at radius 1 is 0.984 bits per heavy atom. The molecule has 17 nitrogen and oxygen atoms in total. The molecule has 2 aromatic carbocycles. The van der Waals surface area contributed by atoms with E-state index in [1.165, 1.54) is 31.3 Å². The fraction of sp³-hybridized carbons (Fsp3) is 0.500. The number of fused-ring (bicyclic) bond motifs is 2. The standard InChI is InChI=1S/C44H49F3N10O7/c1-54-33-20-49-43(53-37(33)56(26-6-3-4-7-26)22-44(46,47)42(54)63)51-31-18-29(45)28(17-34(31)64-2)38(59)50-25-12-14-55(15-13-25)21-24-16-23(24)19-48-30-9-5-8-27-36(30)41(62)57(40(27)61)32-10-11-35(58)52-39(32)60/h5,8-9,17-18,20,23-26,32,48H,3-4,6-7,10-16,19,21-22H2,1-2H3,(H,50,59)(H,49,51,53)(H,52,58,60)/t23-,24+,32?/m1/s1. The lowest BCUT2D eigenvalue weighted by Gasteiger charge is -2.32. The molecule has 338 valence electrons. The van der Waals surface area contributed by atoms with Gasteiger partial charge in [-0.15, -0.1) is 0 Å². The summed E-state index contributed by atoms with van der Waals surface area (Å²) < 4.78 is 51.3. The number of imide groups is 2. The topological polar surface area (TPSA) is 199 Å². The molecule has 4 aliphatic heterocycles. The Balaban J connectivity index is 0.773. The third-order valence-electron chi connectivity index (χ3n) is 13.4. The van der Waals surface area contributed by atoms with Crippen molar-refractivity contribution >= 4 is 64.3 Å². The van der Waals surface area contributed by atoms with Gasteiger partial charge in [0.25, 0.3) is 23.6 Å². The molecule has 20 heteroatoms. The number of benzene rings is 2. The number of hydrogen-bond acceptors (Lipinski definition) is 13. The average Bonchev–Trinajstić information content (AvgIpc) is 3.67. The van der Waals surface area contributed by atoms with Crippen LogP contribution in [0.1, 0.15) is 88.9 Å². The molecule has 4 N–H and O–H groups in total. The first kappa shape index (κ1) is 43.0. The number of ether oxygens (including phenoxy) is 1. The molecule has 64 heavy (non-hydrogen) atoms. The lowest BCUT2D eigenvalue weighted by atomic mass is 10.0. The molecule has 5 heterocycles. The average molecular weight is 887 g/mol. The molecule has 0 radical (unpaired) electrons. The van der Waals surface area contributed by atoms with E-state index in [-0.39, 0.29) is 70.5 Å². The number of methoxy groups -OCH3 is 1. The number of amides is 6. The number of carbonyl (C=O) groups is 6. The number of rotatable bonds is 12. The van der Waals surface area contributed by atoms with Crippen LogP contribution in [-0.4, -0.2) is 126 Å². The first-order valence-electron chi connectivity index (χ1n) is 21.8. The Kier molecular flexibility index (Phi) is 11.4. The van der Waals surface area contributed by atoms with Gasteiger partial charge in [-0.3, -0.25) is 39.0 Å². The third kappa shape index (κ3) is 8.18. The van der Waals surface area contributed by atoms with Crippen molar-refractivity contribution in [3.05, 3.63) is 59.0 Å². The van der Waals surface area contributed by atoms with E-state index in [1.807, 2.05) is 0 Å². The second kappa shape index (κ2) is 17.0. The van der Waals surface area contributed by atoms with Crippen LogP contribution in [0.3, 0.4) is 0 Å². The number of aromatic nitrogens is 2. The van der Waals surface area contributed by atoms with E-state index in [2.05, 4.69) is 36.1 Å². The zero-order valence-corrected chi connectivity index (χ0v) is 35.4. The van der Waals surface area contributed by atoms with Crippen molar-refractivity contribution in [3.63, 3.8) is 0 Å². The summed E-state index contributed by atoms with van der Waals surface area (Å²) in [6.07, 6.45) is 6.81. The highest BCUT2D eigenvalue weighted by Gasteiger charge is 2.49. The van der Waals surface area contributed by atoms with Crippen LogP contribution in [-0.2, 0) is 14.4 Å². The van der Waals surface area contributed by atoms with Gasteiger partial charge in [0.2, 0.25) is 17.8 Å². The molecule has 2 saturated carbocycles. The van der Waals surface area contributed by atoms with Crippen molar-refractivity contribution in [3.8, 4) is 5.75 Å². The number of alkyl halides is 2. The van der Waals surface area contributed by atoms with E-state index in [0.29, 0.717) is 49.8 Å². The fourth-order valence-electron chi connectivity index (χ4n) is 9.76. The Bertz CT molecular complexity index is 2420. The molecular weight excluding hydrogens is 838 g/mol. The summed E-state index contributed by atoms with van der Waals surface area (Å²) >= 11 is 0. The first-order chi connectivity index (χ1) is 30.7. The van der Waals surface area contributed by atoms with Crippen LogP contribution in [0.15, 0.2) is 36.5 Å². The van der Waals surface area contributed by atoms with Crippen LogP contribution < -0.4 is 35.8 Å². The molecule has 6 amide bonds. The quantitative estimate of drug-likeness (QED) is 0.190. The van der Waals surface area contributed by atoms with Crippen LogP contribution >= 0.6 is 0 Å². The number of nitrogens with one attached hydrogen (secondary N) is 4. The van der Waals surface area contributed by atoms with Crippen molar-refractivity contribution in [1.82, 2.24) is 30.4 Å². The molecule has 1 aromatic heterocycles. The minimum atomic E-state index is -3.64. The summed E-state index contributed by atoms with van der Waals surface area (Å²) in [7, 11) is 2.63. The van der Waals surface area contributed by atoms with Crippen molar-refractivity contribution in [2.24, 2.45) is 11.8 Å². The number of likely N-dealkylation sites (tertiary alicyclic amines) is 1. The van der Waals surface area contributed by atoms with Gasteiger partial charge in [-0.05, 0) is 68.6 Å². The zero-order valence-electron chi connectivity index (χ0n) is 35.4. The molecule has 4 fully saturated rings. The van der Waals surface area contributed by atoms with Crippen molar-refractivity contribution in [2.75, 3.05) is 67.3 Å². The van der Waals surface area contributed by atoms with Crippen LogP contribution in [0.25, 0.3) is 0 Å². The van der Waals surface area contributed by atoms with E-state index in [0.717, 1.165) is 54.8 Å². The van der Waals surface area contributed by atoms with Gasteiger partial charge in [-0.25, -0.2) is 9.37 Å². The maximum Gasteiger partial charge on any atom is 0.342 e. The van der Waals surface area contributed by atoms with Gasteiger partial charge in [0, 0.05) is 63.5 Å². The van der Waals surface area contributed by atoms with Gasteiger partial charge < -0.3 is 35.4 Å². The molecule has 2 saturated heterocycles. The maximum absolute atomic E-state index is 15.7. The van der Waals surface area contributed by atoms with Gasteiger partial charge >= 0.3 is 5.92 Å². The zero-order chi connectivity index (χ0) is 45.0. The van der Waals surface area contributed by atoms with Crippen LogP contribution in [0.2, 0.25) is 0 Å². The first-order valence-corrected chi connectivity index (χ1v) is 21.8. The van der Waals surface area contributed by atoms with E-state index >= 15 is 13.2 Å². The molecule has 2 aliphatic carbocycles. The molecule has 6 aliphatic rings. The number of halogens is 3. The Labute approximate surface area is 366 Å².